The minimum atomic E-state index is -0.113. The second-order valence-corrected chi connectivity index (χ2v) is 4.26. The molecule has 5 heteroatoms. The summed E-state index contributed by atoms with van der Waals surface area (Å²) in [5, 5.41) is 1.77. The Hall–Kier alpha value is -1.75. The molecule has 0 saturated carbocycles. The second-order valence-electron chi connectivity index (χ2n) is 3.35. The standard InChI is InChI=1S/C10H7N2O2S/c13-10-9-8(3-5-15-9)12(14)6-7-2-1-4-11(7)10/h1-5H,6H2/q+1. The van der Waals surface area contributed by atoms with Crippen LogP contribution in [0.4, 0.5) is 5.69 Å². The second kappa shape index (κ2) is 2.87. The summed E-state index contributed by atoms with van der Waals surface area (Å²) in [6, 6.07) is 5.26. The first-order chi connectivity index (χ1) is 7.27. The molecule has 0 bridgehead atoms. The van der Waals surface area contributed by atoms with Crippen LogP contribution in [-0.2, 0) is 6.54 Å². The fourth-order valence-electron chi connectivity index (χ4n) is 1.74. The zero-order valence-corrected chi connectivity index (χ0v) is 8.53. The van der Waals surface area contributed by atoms with Crippen molar-refractivity contribution in [2.24, 2.45) is 0 Å². The molecule has 0 saturated heterocycles. The molecule has 1 aliphatic heterocycles. The van der Waals surface area contributed by atoms with Crippen LogP contribution in [-0.4, -0.2) is 15.2 Å². The van der Waals surface area contributed by atoms with Crippen LogP contribution < -0.4 is 0 Å². The van der Waals surface area contributed by atoms with Gasteiger partial charge in [-0.1, -0.05) is 0 Å². The molecular formula is C10H7N2O2S+. The van der Waals surface area contributed by atoms with E-state index in [-0.39, 0.29) is 12.5 Å². The summed E-state index contributed by atoms with van der Waals surface area (Å²) in [4.78, 5) is 24.2. The third-order valence-corrected chi connectivity index (χ3v) is 3.36. The number of hydrogen-bond acceptors (Lipinski definition) is 3. The molecule has 0 amide bonds. The van der Waals surface area contributed by atoms with E-state index in [1.54, 1.807) is 29.8 Å². The lowest BCUT2D eigenvalue weighted by Gasteiger charge is -1.97. The average molecular weight is 219 g/mol. The van der Waals surface area contributed by atoms with Crippen LogP contribution in [0.1, 0.15) is 15.4 Å². The van der Waals surface area contributed by atoms with Crippen LogP contribution in [0.25, 0.3) is 0 Å². The fraction of sp³-hybridized carbons (Fsp3) is 0.100. The molecule has 3 heterocycles. The SMILES string of the molecule is O=C1c2sccc2[N+](=O)Cc2cccn21. The van der Waals surface area contributed by atoms with Crippen molar-refractivity contribution in [3.63, 3.8) is 0 Å². The van der Waals surface area contributed by atoms with E-state index < -0.39 is 0 Å². The number of fused-ring (bicyclic) bond motifs is 2. The van der Waals surface area contributed by atoms with Gasteiger partial charge in [-0.2, -0.15) is 0 Å². The summed E-state index contributed by atoms with van der Waals surface area (Å²) in [5.41, 5.74) is 1.21. The lowest BCUT2D eigenvalue weighted by atomic mass is 10.3. The van der Waals surface area contributed by atoms with Crippen molar-refractivity contribution in [2.45, 2.75) is 6.54 Å². The van der Waals surface area contributed by atoms with Crippen molar-refractivity contribution >= 4 is 22.9 Å². The van der Waals surface area contributed by atoms with E-state index in [2.05, 4.69) is 0 Å². The highest BCUT2D eigenvalue weighted by atomic mass is 32.1. The maximum Gasteiger partial charge on any atom is 0.280 e. The lowest BCUT2D eigenvalue weighted by Crippen LogP contribution is -2.10. The summed E-state index contributed by atoms with van der Waals surface area (Å²) in [5.74, 6) is -0.113. The molecule has 0 fully saturated rings. The molecule has 1 aliphatic rings. The van der Waals surface area contributed by atoms with Crippen LogP contribution in [0.2, 0.25) is 0 Å². The highest BCUT2D eigenvalue weighted by Gasteiger charge is 2.32. The number of thiophene rings is 1. The first-order valence-corrected chi connectivity index (χ1v) is 5.38. The van der Waals surface area contributed by atoms with Gasteiger partial charge in [-0.05, 0) is 17.5 Å². The molecule has 0 spiro atoms. The van der Waals surface area contributed by atoms with Gasteiger partial charge >= 0.3 is 0 Å². The summed E-state index contributed by atoms with van der Waals surface area (Å²) in [6.45, 7) is 0.225. The Morgan fingerprint density at radius 1 is 1.40 bits per heavy atom. The van der Waals surface area contributed by atoms with Gasteiger partial charge in [-0.3, -0.25) is 9.36 Å². The maximum absolute atomic E-state index is 12.0. The summed E-state index contributed by atoms with van der Waals surface area (Å²) < 4.78 is 2.40. The Morgan fingerprint density at radius 3 is 3.13 bits per heavy atom. The molecule has 15 heavy (non-hydrogen) atoms. The highest BCUT2D eigenvalue weighted by Crippen LogP contribution is 2.29. The molecular weight excluding hydrogens is 212 g/mol. The Morgan fingerprint density at radius 2 is 2.27 bits per heavy atom. The number of nitroso groups, excluding NO2 is 1. The maximum atomic E-state index is 12.0. The molecule has 74 valence electrons. The Labute approximate surface area is 89.3 Å². The van der Waals surface area contributed by atoms with E-state index in [4.69, 9.17) is 0 Å². The van der Waals surface area contributed by atoms with E-state index >= 15 is 0 Å². The Kier molecular flexibility index (Phi) is 1.63. The topological polar surface area (TPSA) is 42.1 Å². The molecule has 0 N–H and O–H groups in total. The minimum Gasteiger partial charge on any atom is -0.280 e. The smallest absolute Gasteiger partial charge is 0.280 e. The normalized spacial score (nSPS) is 14.7. The van der Waals surface area contributed by atoms with E-state index in [1.807, 2.05) is 0 Å². The zero-order chi connectivity index (χ0) is 10.4. The van der Waals surface area contributed by atoms with Crippen LogP contribution in [0.15, 0.2) is 29.8 Å². The van der Waals surface area contributed by atoms with Gasteiger partial charge in [-0.25, -0.2) is 0 Å². The Bertz CT molecular complexity index is 567. The van der Waals surface area contributed by atoms with Crippen molar-refractivity contribution in [1.29, 1.82) is 0 Å². The number of hydrogen-bond donors (Lipinski definition) is 0. The van der Waals surface area contributed by atoms with Gasteiger partial charge in [0.15, 0.2) is 4.88 Å². The Balaban J connectivity index is 2.30. The van der Waals surface area contributed by atoms with Crippen LogP contribution in [0.3, 0.4) is 0 Å². The zero-order valence-electron chi connectivity index (χ0n) is 7.71. The van der Waals surface area contributed by atoms with Crippen LogP contribution >= 0.6 is 11.3 Å². The number of rotatable bonds is 0. The molecule has 0 aromatic carbocycles. The molecule has 0 radical (unpaired) electrons. The third kappa shape index (κ3) is 1.10. The first-order valence-electron chi connectivity index (χ1n) is 4.50. The van der Waals surface area contributed by atoms with E-state index in [0.717, 1.165) is 10.5 Å². The van der Waals surface area contributed by atoms with Gasteiger partial charge in [0.25, 0.3) is 11.6 Å². The average Bonchev–Trinajstić information content (AvgIpc) is 2.82. The highest BCUT2D eigenvalue weighted by molar-refractivity contribution is 7.12. The van der Waals surface area contributed by atoms with Gasteiger partial charge in [-0.15, -0.1) is 11.3 Å². The van der Waals surface area contributed by atoms with Crippen molar-refractivity contribution in [3.05, 3.63) is 45.3 Å². The van der Waals surface area contributed by atoms with Gasteiger partial charge in [0, 0.05) is 21.9 Å². The van der Waals surface area contributed by atoms with Crippen molar-refractivity contribution in [1.82, 2.24) is 4.57 Å². The van der Waals surface area contributed by atoms with Crippen LogP contribution in [0.5, 0.6) is 0 Å². The summed E-state index contributed by atoms with van der Waals surface area (Å²) in [7, 11) is 0. The van der Waals surface area contributed by atoms with E-state index in [1.165, 1.54) is 15.9 Å². The van der Waals surface area contributed by atoms with Crippen molar-refractivity contribution in [3.8, 4) is 0 Å². The quantitative estimate of drug-likeness (QED) is 0.637. The minimum absolute atomic E-state index is 0.113. The first kappa shape index (κ1) is 8.55. The van der Waals surface area contributed by atoms with E-state index in [9.17, 15) is 9.70 Å². The molecule has 3 rings (SSSR count). The third-order valence-electron chi connectivity index (χ3n) is 2.46. The van der Waals surface area contributed by atoms with E-state index in [0.29, 0.717) is 10.6 Å². The molecule has 0 unspecified atom stereocenters. The summed E-state index contributed by atoms with van der Waals surface area (Å²) >= 11 is 1.31. The van der Waals surface area contributed by atoms with Crippen molar-refractivity contribution in [2.75, 3.05) is 0 Å². The lowest BCUT2D eigenvalue weighted by molar-refractivity contribution is -0.480. The monoisotopic (exact) mass is 219 g/mol. The number of carbonyl (C=O) groups is 1. The molecule has 0 aliphatic carbocycles. The van der Waals surface area contributed by atoms with Gasteiger partial charge in [0.1, 0.15) is 0 Å². The molecule has 2 aromatic rings. The van der Waals surface area contributed by atoms with Crippen molar-refractivity contribution < 1.29 is 9.55 Å². The number of carbonyl (C=O) groups excluding carboxylic acids is 1. The largest absolute Gasteiger partial charge is 0.280 e. The number of aromatic nitrogens is 1. The molecule has 2 aromatic heterocycles. The fourth-order valence-corrected chi connectivity index (χ4v) is 2.57. The van der Waals surface area contributed by atoms with Crippen LogP contribution in [0, 0.1) is 4.91 Å². The van der Waals surface area contributed by atoms with Gasteiger partial charge in [0.05, 0.1) is 5.69 Å². The molecule has 4 nitrogen and oxygen atoms in total. The van der Waals surface area contributed by atoms with Gasteiger partial charge < -0.3 is 0 Å². The predicted octanol–water partition coefficient (Wildman–Crippen LogP) is 2.16. The van der Waals surface area contributed by atoms with Gasteiger partial charge in [0.2, 0.25) is 6.54 Å². The molecule has 0 atom stereocenters. The summed E-state index contributed by atoms with van der Waals surface area (Å²) in [6.07, 6.45) is 1.69. The predicted molar refractivity (Wildman–Crippen MR) is 55.5 cm³/mol. The number of nitrogens with zero attached hydrogens (tertiary/aromatic N) is 2.